The fourth-order valence-corrected chi connectivity index (χ4v) is 2.35. The van der Waals surface area contributed by atoms with E-state index < -0.39 is 16.4 Å². The van der Waals surface area contributed by atoms with Crippen molar-refractivity contribution in [2.75, 3.05) is 11.6 Å². The van der Waals surface area contributed by atoms with Gasteiger partial charge in [-0.25, -0.2) is 4.98 Å². The summed E-state index contributed by atoms with van der Waals surface area (Å²) in [6.45, 7) is 0. The standard InChI is InChI=1S/C13H11ClN4O4S/c1-23-6-11-15-9(5-12(19)17-11)13(20)16-8-3-2-7(14)4-10(8)18(21)22/h2-5H,6H2,1H3,(H,16,20)(H,15,17,19). The minimum atomic E-state index is -0.719. The number of amides is 1. The third-order valence-electron chi connectivity index (χ3n) is 2.71. The van der Waals surface area contributed by atoms with Crippen LogP contribution in [0, 0.1) is 10.1 Å². The first kappa shape index (κ1) is 17.0. The highest BCUT2D eigenvalue weighted by Crippen LogP contribution is 2.27. The van der Waals surface area contributed by atoms with Gasteiger partial charge in [-0.3, -0.25) is 19.7 Å². The Morgan fingerprint density at radius 1 is 1.48 bits per heavy atom. The SMILES string of the molecule is CSCc1nc(C(=O)Nc2ccc(Cl)cc2[N+](=O)[O-])cc(=O)[nH]1. The lowest BCUT2D eigenvalue weighted by atomic mass is 10.2. The number of carbonyl (C=O) groups excluding carboxylic acids is 1. The molecule has 1 amide bonds. The number of nitro groups is 1. The summed E-state index contributed by atoms with van der Waals surface area (Å²) in [7, 11) is 0. The van der Waals surface area contributed by atoms with Crippen molar-refractivity contribution < 1.29 is 9.72 Å². The van der Waals surface area contributed by atoms with E-state index in [0.29, 0.717) is 11.6 Å². The van der Waals surface area contributed by atoms with Crippen molar-refractivity contribution in [1.82, 2.24) is 9.97 Å². The minimum absolute atomic E-state index is 0.0297. The van der Waals surface area contributed by atoms with Gasteiger partial charge in [-0.1, -0.05) is 11.6 Å². The normalized spacial score (nSPS) is 10.3. The second-order valence-corrected chi connectivity index (χ2v) is 5.69. The van der Waals surface area contributed by atoms with E-state index in [-0.39, 0.29) is 22.1 Å². The number of anilines is 1. The highest BCUT2D eigenvalue weighted by Gasteiger charge is 2.18. The fourth-order valence-electron chi connectivity index (χ4n) is 1.78. The van der Waals surface area contributed by atoms with Gasteiger partial charge in [0.05, 0.1) is 10.7 Å². The topological polar surface area (TPSA) is 118 Å². The maximum Gasteiger partial charge on any atom is 0.294 e. The highest BCUT2D eigenvalue weighted by molar-refractivity contribution is 7.97. The zero-order chi connectivity index (χ0) is 17.0. The van der Waals surface area contributed by atoms with Crippen molar-refractivity contribution in [1.29, 1.82) is 0 Å². The van der Waals surface area contributed by atoms with Gasteiger partial charge in [0.15, 0.2) is 0 Å². The zero-order valence-corrected chi connectivity index (χ0v) is 13.4. The van der Waals surface area contributed by atoms with Gasteiger partial charge in [0, 0.05) is 17.2 Å². The first-order valence-electron chi connectivity index (χ1n) is 6.25. The maximum atomic E-state index is 12.2. The second kappa shape index (κ2) is 7.25. The quantitative estimate of drug-likeness (QED) is 0.629. The monoisotopic (exact) mass is 354 g/mol. The molecule has 0 bridgehead atoms. The van der Waals surface area contributed by atoms with Crippen molar-refractivity contribution in [2.45, 2.75) is 5.75 Å². The predicted molar refractivity (Wildman–Crippen MR) is 88.1 cm³/mol. The first-order chi connectivity index (χ1) is 10.9. The highest BCUT2D eigenvalue weighted by atomic mass is 35.5. The fraction of sp³-hybridized carbons (Fsp3) is 0.154. The molecule has 0 unspecified atom stereocenters. The number of carbonyl (C=O) groups is 1. The molecule has 23 heavy (non-hydrogen) atoms. The number of nitro benzene ring substituents is 1. The Morgan fingerprint density at radius 2 is 2.22 bits per heavy atom. The van der Waals surface area contributed by atoms with Crippen LogP contribution in [0.3, 0.4) is 0 Å². The van der Waals surface area contributed by atoms with Crippen LogP contribution >= 0.6 is 23.4 Å². The van der Waals surface area contributed by atoms with E-state index in [1.54, 1.807) is 0 Å². The number of aromatic nitrogens is 2. The van der Waals surface area contributed by atoms with Gasteiger partial charge in [-0.15, -0.1) is 0 Å². The number of halogens is 1. The van der Waals surface area contributed by atoms with E-state index in [0.717, 1.165) is 12.1 Å². The van der Waals surface area contributed by atoms with Crippen LogP contribution in [0.5, 0.6) is 0 Å². The summed E-state index contributed by atoms with van der Waals surface area (Å²) in [4.78, 5) is 40.6. The molecule has 0 fully saturated rings. The lowest BCUT2D eigenvalue weighted by Gasteiger charge is -2.06. The molecule has 0 radical (unpaired) electrons. The van der Waals surface area contributed by atoms with Crippen LogP contribution in [0.1, 0.15) is 16.3 Å². The van der Waals surface area contributed by atoms with E-state index in [4.69, 9.17) is 11.6 Å². The number of hydrogen-bond donors (Lipinski definition) is 2. The number of nitrogens with one attached hydrogen (secondary N) is 2. The molecule has 0 aliphatic heterocycles. The molecule has 1 aromatic carbocycles. The second-order valence-electron chi connectivity index (χ2n) is 4.38. The van der Waals surface area contributed by atoms with E-state index >= 15 is 0 Å². The smallest absolute Gasteiger partial charge is 0.294 e. The number of nitrogens with zero attached hydrogens (tertiary/aromatic N) is 2. The number of hydrogen-bond acceptors (Lipinski definition) is 6. The van der Waals surface area contributed by atoms with Crippen LogP contribution in [-0.4, -0.2) is 27.1 Å². The summed E-state index contributed by atoms with van der Waals surface area (Å²) in [6.07, 6.45) is 1.82. The number of H-pyrrole nitrogens is 1. The van der Waals surface area contributed by atoms with Crippen LogP contribution in [-0.2, 0) is 5.75 Å². The van der Waals surface area contributed by atoms with Gasteiger partial charge in [0.1, 0.15) is 17.2 Å². The van der Waals surface area contributed by atoms with Crippen LogP contribution in [0.2, 0.25) is 5.02 Å². The molecule has 0 atom stereocenters. The molecule has 1 aromatic heterocycles. The zero-order valence-electron chi connectivity index (χ0n) is 11.8. The average Bonchev–Trinajstić information content (AvgIpc) is 2.48. The first-order valence-corrected chi connectivity index (χ1v) is 8.02. The Bertz CT molecular complexity index is 824. The molecule has 2 N–H and O–H groups in total. The number of aromatic amines is 1. The predicted octanol–water partition coefficient (Wildman–Crippen LogP) is 2.45. The third kappa shape index (κ3) is 4.30. The molecule has 0 saturated carbocycles. The van der Waals surface area contributed by atoms with Gasteiger partial charge in [-0.05, 0) is 18.4 Å². The van der Waals surface area contributed by atoms with E-state index in [9.17, 15) is 19.7 Å². The van der Waals surface area contributed by atoms with Gasteiger partial charge in [-0.2, -0.15) is 11.8 Å². The summed E-state index contributed by atoms with van der Waals surface area (Å²) in [5.74, 6) is 0.0573. The number of benzene rings is 1. The van der Waals surface area contributed by atoms with Crippen molar-refractivity contribution in [3.05, 3.63) is 61.3 Å². The Hall–Kier alpha value is -2.39. The molecule has 0 aliphatic carbocycles. The number of rotatable bonds is 5. The van der Waals surface area contributed by atoms with Crippen LogP contribution < -0.4 is 10.9 Å². The molecule has 0 spiro atoms. The molecule has 2 rings (SSSR count). The molecular formula is C13H11ClN4O4S. The molecule has 2 aromatic rings. The van der Waals surface area contributed by atoms with Crippen molar-refractivity contribution in [3.63, 3.8) is 0 Å². The summed E-state index contributed by atoms with van der Waals surface area (Å²) in [6, 6.07) is 4.88. The largest absolute Gasteiger partial charge is 0.315 e. The van der Waals surface area contributed by atoms with Gasteiger partial charge < -0.3 is 10.3 Å². The molecular weight excluding hydrogens is 344 g/mol. The molecule has 0 aliphatic rings. The van der Waals surface area contributed by atoms with Crippen LogP contribution in [0.4, 0.5) is 11.4 Å². The van der Waals surface area contributed by atoms with Crippen LogP contribution in [0.15, 0.2) is 29.1 Å². The van der Waals surface area contributed by atoms with Crippen molar-refractivity contribution in [2.24, 2.45) is 0 Å². The van der Waals surface area contributed by atoms with E-state index in [2.05, 4.69) is 15.3 Å². The summed E-state index contributed by atoms with van der Waals surface area (Å²) < 4.78 is 0. The van der Waals surface area contributed by atoms with Gasteiger partial charge in [0.25, 0.3) is 17.2 Å². The minimum Gasteiger partial charge on any atom is -0.315 e. The molecule has 1 heterocycles. The summed E-state index contributed by atoms with van der Waals surface area (Å²) in [5.41, 5.74) is -0.972. The summed E-state index contributed by atoms with van der Waals surface area (Å²) in [5, 5.41) is 13.6. The van der Waals surface area contributed by atoms with Crippen molar-refractivity contribution >= 4 is 40.6 Å². The maximum absolute atomic E-state index is 12.2. The van der Waals surface area contributed by atoms with Gasteiger partial charge in [0.2, 0.25) is 0 Å². The average molecular weight is 355 g/mol. The third-order valence-corrected chi connectivity index (χ3v) is 3.51. The molecule has 10 heteroatoms. The molecule has 8 nitrogen and oxygen atoms in total. The molecule has 0 saturated heterocycles. The van der Waals surface area contributed by atoms with Crippen molar-refractivity contribution in [3.8, 4) is 0 Å². The van der Waals surface area contributed by atoms with E-state index in [1.807, 2.05) is 6.26 Å². The lowest BCUT2D eigenvalue weighted by Crippen LogP contribution is -2.20. The Kier molecular flexibility index (Phi) is 5.35. The Balaban J connectivity index is 2.33. The number of thioether (sulfide) groups is 1. The molecule has 120 valence electrons. The van der Waals surface area contributed by atoms with E-state index in [1.165, 1.54) is 23.9 Å². The van der Waals surface area contributed by atoms with Gasteiger partial charge >= 0.3 is 0 Å². The Labute approximate surface area is 139 Å². The summed E-state index contributed by atoms with van der Waals surface area (Å²) >= 11 is 7.14. The lowest BCUT2D eigenvalue weighted by molar-refractivity contribution is -0.383. The Morgan fingerprint density at radius 3 is 2.87 bits per heavy atom. The van der Waals surface area contributed by atoms with Crippen LogP contribution in [0.25, 0.3) is 0 Å².